The third-order valence-corrected chi connectivity index (χ3v) is 1.35. The fraction of sp³-hybridized carbons (Fsp3) is 0.273. The van der Waals surface area contributed by atoms with E-state index >= 15 is 0 Å². The van der Waals surface area contributed by atoms with Crippen molar-refractivity contribution in [1.29, 1.82) is 0 Å². The van der Waals surface area contributed by atoms with E-state index in [1.165, 1.54) is 5.56 Å². The van der Waals surface area contributed by atoms with Crippen molar-refractivity contribution in [1.82, 2.24) is 0 Å². The minimum absolute atomic E-state index is 0.0972. The van der Waals surface area contributed by atoms with Gasteiger partial charge in [-0.1, -0.05) is 36.4 Å². The zero-order valence-corrected chi connectivity index (χ0v) is 7.82. The summed E-state index contributed by atoms with van der Waals surface area (Å²) in [5.74, 6) is 0. The summed E-state index contributed by atoms with van der Waals surface area (Å²) in [5, 5.41) is 7.75. The standard InChI is InChI=1S/C9H10.C2H7NO/c1-2-6-9-7-4-3-5-8-9;3-1-2-4/h2-5,7-8H,1,6H2;4H,1-3H2. The molecule has 3 N–H and O–H groups in total. The molecule has 1 aromatic rings. The zero-order chi connectivity index (χ0) is 9.94. The lowest BCUT2D eigenvalue weighted by Crippen LogP contribution is -2.02. The molecule has 0 unspecified atom stereocenters. The Hall–Kier alpha value is -1.12. The van der Waals surface area contributed by atoms with Gasteiger partial charge in [0.1, 0.15) is 0 Å². The molecule has 0 aliphatic heterocycles. The number of aliphatic hydroxyl groups is 1. The first kappa shape index (κ1) is 11.9. The van der Waals surface area contributed by atoms with E-state index < -0.39 is 0 Å². The summed E-state index contributed by atoms with van der Waals surface area (Å²) in [7, 11) is 0. The molecule has 0 heterocycles. The Morgan fingerprint density at radius 3 is 2.23 bits per heavy atom. The summed E-state index contributed by atoms with van der Waals surface area (Å²) in [6.07, 6.45) is 2.89. The molecule has 0 atom stereocenters. The van der Waals surface area contributed by atoms with E-state index in [-0.39, 0.29) is 6.61 Å². The second-order valence-corrected chi connectivity index (χ2v) is 2.49. The van der Waals surface area contributed by atoms with E-state index in [0.29, 0.717) is 6.54 Å². The minimum Gasteiger partial charge on any atom is -0.395 e. The maximum absolute atomic E-state index is 7.75. The number of allylic oxidation sites excluding steroid dienone is 1. The van der Waals surface area contributed by atoms with Crippen LogP contribution in [0.1, 0.15) is 5.56 Å². The average Bonchev–Trinajstić information content (AvgIpc) is 2.20. The number of rotatable bonds is 3. The van der Waals surface area contributed by atoms with Crippen LogP contribution in [0, 0.1) is 0 Å². The maximum atomic E-state index is 7.75. The van der Waals surface area contributed by atoms with Crippen molar-refractivity contribution in [3.05, 3.63) is 48.6 Å². The predicted molar refractivity (Wildman–Crippen MR) is 56.5 cm³/mol. The molecule has 0 spiro atoms. The van der Waals surface area contributed by atoms with E-state index in [2.05, 4.69) is 18.7 Å². The Kier molecular flexibility index (Phi) is 8.20. The molecule has 0 radical (unpaired) electrons. The number of hydrogen-bond donors (Lipinski definition) is 2. The van der Waals surface area contributed by atoms with Crippen LogP contribution in [0.4, 0.5) is 0 Å². The van der Waals surface area contributed by atoms with Crippen molar-refractivity contribution < 1.29 is 5.11 Å². The van der Waals surface area contributed by atoms with Crippen molar-refractivity contribution in [2.75, 3.05) is 13.2 Å². The van der Waals surface area contributed by atoms with Gasteiger partial charge in [0, 0.05) is 6.54 Å². The van der Waals surface area contributed by atoms with Gasteiger partial charge in [0.25, 0.3) is 0 Å². The van der Waals surface area contributed by atoms with Gasteiger partial charge in [-0.15, -0.1) is 6.58 Å². The Morgan fingerprint density at radius 2 is 1.85 bits per heavy atom. The van der Waals surface area contributed by atoms with E-state index in [9.17, 15) is 0 Å². The smallest absolute Gasteiger partial charge is 0.0553 e. The van der Waals surface area contributed by atoms with Gasteiger partial charge < -0.3 is 10.8 Å². The molecule has 0 aliphatic rings. The second-order valence-electron chi connectivity index (χ2n) is 2.49. The van der Waals surface area contributed by atoms with Gasteiger partial charge in [-0.3, -0.25) is 0 Å². The van der Waals surface area contributed by atoms with E-state index in [1.54, 1.807) is 0 Å². The highest BCUT2D eigenvalue weighted by molar-refractivity contribution is 5.16. The predicted octanol–water partition coefficient (Wildman–Crippen LogP) is 1.35. The van der Waals surface area contributed by atoms with Gasteiger partial charge >= 0.3 is 0 Å². The monoisotopic (exact) mass is 179 g/mol. The molecule has 0 bridgehead atoms. The molecule has 1 aromatic carbocycles. The molecule has 0 fully saturated rings. The summed E-state index contributed by atoms with van der Waals surface area (Å²) >= 11 is 0. The molecule has 2 nitrogen and oxygen atoms in total. The third kappa shape index (κ3) is 7.25. The number of aliphatic hydroxyl groups excluding tert-OH is 1. The van der Waals surface area contributed by atoms with Crippen molar-refractivity contribution in [2.45, 2.75) is 6.42 Å². The van der Waals surface area contributed by atoms with Gasteiger partial charge in [-0.2, -0.15) is 0 Å². The van der Waals surface area contributed by atoms with E-state index in [4.69, 9.17) is 10.8 Å². The summed E-state index contributed by atoms with van der Waals surface area (Å²) in [6.45, 7) is 4.13. The molecule has 0 amide bonds. The second kappa shape index (κ2) is 8.97. The van der Waals surface area contributed by atoms with E-state index in [0.717, 1.165) is 6.42 Å². The van der Waals surface area contributed by atoms with Crippen molar-refractivity contribution in [2.24, 2.45) is 5.73 Å². The Labute approximate surface area is 79.7 Å². The van der Waals surface area contributed by atoms with Crippen LogP contribution in [0.2, 0.25) is 0 Å². The first-order valence-corrected chi connectivity index (χ1v) is 4.31. The van der Waals surface area contributed by atoms with Crippen LogP contribution < -0.4 is 5.73 Å². The molecule has 0 aromatic heterocycles. The number of hydrogen-bond acceptors (Lipinski definition) is 2. The van der Waals surface area contributed by atoms with Gasteiger partial charge in [-0.25, -0.2) is 0 Å². The summed E-state index contributed by atoms with van der Waals surface area (Å²) in [4.78, 5) is 0. The summed E-state index contributed by atoms with van der Waals surface area (Å²) < 4.78 is 0. The first-order chi connectivity index (χ1) is 6.35. The van der Waals surface area contributed by atoms with Crippen LogP contribution in [-0.4, -0.2) is 18.3 Å². The quantitative estimate of drug-likeness (QED) is 0.688. The lowest BCUT2D eigenvalue weighted by molar-refractivity contribution is 0.306. The van der Waals surface area contributed by atoms with Crippen LogP contribution in [0.15, 0.2) is 43.0 Å². The molecule has 72 valence electrons. The molecule has 0 aliphatic carbocycles. The van der Waals surface area contributed by atoms with Crippen molar-refractivity contribution in [3.8, 4) is 0 Å². The number of nitrogens with two attached hydrogens (primary N) is 1. The fourth-order valence-corrected chi connectivity index (χ4v) is 0.781. The van der Waals surface area contributed by atoms with Gasteiger partial charge in [0.05, 0.1) is 6.61 Å². The Morgan fingerprint density at radius 1 is 1.31 bits per heavy atom. The zero-order valence-electron chi connectivity index (χ0n) is 7.82. The molecule has 0 saturated carbocycles. The Balaban J connectivity index is 0.000000310. The largest absolute Gasteiger partial charge is 0.395 e. The lowest BCUT2D eigenvalue weighted by atomic mass is 10.2. The molecular weight excluding hydrogens is 162 g/mol. The highest BCUT2D eigenvalue weighted by Gasteiger charge is 1.82. The Bertz CT molecular complexity index is 207. The molecule has 13 heavy (non-hydrogen) atoms. The van der Waals surface area contributed by atoms with Gasteiger partial charge in [0.2, 0.25) is 0 Å². The minimum atomic E-state index is 0.0972. The maximum Gasteiger partial charge on any atom is 0.0553 e. The topological polar surface area (TPSA) is 46.2 Å². The molecular formula is C11H17NO. The van der Waals surface area contributed by atoms with Gasteiger partial charge in [-0.05, 0) is 12.0 Å². The van der Waals surface area contributed by atoms with Crippen LogP contribution in [0.3, 0.4) is 0 Å². The first-order valence-electron chi connectivity index (χ1n) is 4.31. The van der Waals surface area contributed by atoms with Crippen LogP contribution >= 0.6 is 0 Å². The summed E-state index contributed by atoms with van der Waals surface area (Å²) in [5.41, 5.74) is 6.10. The third-order valence-electron chi connectivity index (χ3n) is 1.35. The normalized spacial score (nSPS) is 8.46. The van der Waals surface area contributed by atoms with Gasteiger partial charge in [0.15, 0.2) is 0 Å². The highest BCUT2D eigenvalue weighted by atomic mass is 16.3. The molecule has 1 rings (SSSR count). The van der Waals surface area contributed by atoms with Crippen molar-refractivity contribution in [3.63, 3.8) is 0 Å². The summed E-state index contributed by atoms with van der Waals surface area (Å²) in [6, 6.07) is 10.3. The highest BCUT2D eigenvalue weighted by Crippen LogP contribution is 1.98. The SMILES string of the molecule is C=CCc1ccccc1.NCCO. The lowest BCUT2D eigenvalue weighted by Gasteiger charge is -1.91. The van der Waals surface area contributed by atoms with Crippen LogP contribution in [0.5, 0.6) is 0 Å². The molecule has 0 saturated heterocycles. The van der Waals surface area contributed by atoms with Crippen molar-refractivity contribution >= 4 is 0 Å². The average molecular weight is 179 g/mol. The van der Waals surface area contributed by atoms with Crippen LogP contribution in [-0.2, 0) is 6.42 Å². The molecule has 2 heteroatoms. The van der Waals surface area contributed by atoms with E-state index in [1.807, 2.05) is 24.3 Å². The van der Waals surface area contributed by atoms with Crippen LogP contribution in [0.25, 0.3) is 0 Å². The fourth-order valence-electron chi connectivity index (χ4n) is 0.781. The number of benzene rings is 1.